The van der Waals surface area contributed by atoms with E-state index in [1.54, 1.807) is 0 Å². The van der Waals surface area contributed by atoms with Crippen LogP contribution in [0.25, 0.3) is 0 Å². The first-order chi connectivity index (χ1) is 8.20. The minimum absolute atomic E-state index is 0.747. The van der Waals surface area contributed by atoms with Crippen molar-refractivity contribution in [3.05, 3.63) is 0 Å². The average Bonchev–Trinajstić information content (AvgIpc) is 2.34. The molecule has 102 valence electrons. The van der Waals surface area contributed by atoms with Gasteiger partial charge < -0.3 is 5.32 Å². The number of hydrogen-bond acceptors (Lipinski definition) is 2. The fourth-order valence-electron chi connectivity index (χ4n) is 3.06. The Balaban J connectivity index is 2.60. The summed E-state index contributed by atoms with van der Waals surface area (Å²) in [4.78, 5) is 2.81. The molecule has 1 saturated heterocycles. The van der Waals surface area contributed by atoms with Gasteiger partial charge in [-0.2, -0.15) is 0 Å². The Hall–Kier alpha value is -0.0800. The van der Waals surface area contributed by atoms with Gasteiger partial charge in [0.1, 0.15) is 0 Å². The van der Waals surface area contributed by atoms with E-state index in [4.69, 9.17) is 0 Å². The van der Waals surface area contributed by atoms with Crippen LogP contribution in [0.5, 0.6) is 0 Å². The molecule has 1 aliphatic heterocycles. The molecule has 2 nitrogen and oxygen atoms in total. The lowest BCUT2D eigenvalue weighted by Crippen LogP contribution is -2.57. The van der Waals surface area contributed by atoms with Gasteiger partial charge in [0.2, 0.25) is 0 Å². The molecule has 0 aromatic heterocycles. The summed E-state index contributed by atoms with van der Waals surface area (Å²) in [5, 5.41) is 3.56. The predicted molar refractivity (Wildman–Crippen MR) is 76.4 cm³/mol. The molecule has 0 bridgehead atoms. The number of rotatable bonds is 7. The third-order valence-corrected chi connectivity index (χ3v) is 4.08. The van der Waals surface area contributed by atoms with E-state index in [2.05, 4.69) is 37.9 Å². The van der Waals surface area contributed by atoms with Crippen LogP contribution in [0.1, 0.15) is 59.8 Å². The summed E-state index contributed by atoms with van der Waals surface area (Å²) >= 11 is 0. The molecule has 2 atom stereocenters. The van der Waals surface area contributed by atoms with Crippen LogP contribution in [0.15, 0.2) is 0 Å². The largest absolute Gasteiger partial charge is 0.314 e. The van der Waals surface area contributed by atoms with Crippen LogP contribution in [-0.4, -0.2) is 36.6 Å². The molecule has 0 aromatic carbocycles. The number of piperazine rings is 1. The summed E-state index contributed by atoms with van der Waals surface area (Å²) in [5.41, 5.74) is 0. The molecule has 1 rings (SSSR count). The van der Waals surface area contributed by atoms with Crippen LogP contribution >= 0.6 is 0 Å². The zero-order valence-corrected chi connectivity index (χ0v) is 12.3. The Kier molecular flexibility index (Phi) is 7.14. The van der Waals surface area contributed by atoms with E-state index in [0.717, 1.165) is 18.0 Å². The molecule has 0 spiro atoms. The van der Waals surface area contributed by atoms with Crippen molar-refractivity contribution in [1.82, 2.24) is 10.2 Å². The first kappa shape index (κ1) is 15.0. The number of nitrogens with one attached hydrogen (secondary N) is 1. The minimum atomic E-state index is 0.747. The maximum Gasteiger partial charge on any atom is 0.0247 e. The van der Waals surface area contributed by atoms with Gasteiger partial charge in [-0.3, -0.25) is 4.90 Å². The maximum atomic E-state index is 3.56. The van der Waals surface area contributed by atoms with Gasteiger partial charge >= 0.3 is 0 Å². The molecule has 0 radical (unpaired) electrons. The minimum Gasteiger partial charge on any atom is -0.314 e. The van der Waals surface area contributed by atoms with E-state index >= 15 is 0 Å². The van der Waals surface area contributed by atoms with E-state index in [1.807, 2.05) is 0 Å². The SMILES string of the molecule is CCCCC(CCC)N1CCNCC1C(C)C. The van der Waals surface area contributed by atoms with Crippen LogP contribution in [-0.2, 0) is 0 Å². The Labute approximate surface area is 108 Å². The van der Waals surface area contributed by atoms with Crippen molar-refractivity contribution in [3.8, 4) is 0 Å². The third kappa shape index (κ3) is 4.59. The number of hydrogen-bond donors (Lipinski definition) is 1. The van der Waals surface area contributed by atoms with Crippen molar-refractivity contribution in [2.24, 2.45) is 5.92 Å². The molecule has 1 N–H and O–H groups in total. The topological polar surface area (TPSA) is 15.3 Å². The standard InChI is InChI=1S/C15H32N2/c1-5-7-9-14(8-6-2)17-11-10-16-12-15(17)13(3)4/h13-16H,5-12H2,1-4H3. The molecule has 0 aliphatic carbocycles. The monoisotopic (exact) mass is 240 g/mol. The summed E-state index contributed by atoms with van der Waals surface area (Å²) in [6.45, 7) is 13.0. The fraction of sp³-hybridized carbons (Fsp3) is 1.00. The van der Waals surface area contributed by atoms with Crippen molar-refractivity contribution in [2.45, 2.75) is 71.9 Å². The molecule has 0 amide bonds. The lowest BCUT2D eigenvalue weighted by molar-refractivity contribution is 0.0664. The third-order valence-electron chi connectivity index (χ3n) is 4.08. The van der Waals surface area contributed by atoms with Crippen molar-refractivity contribution in [1.29, 1.82) is 0 Å². The molecule has 17 heavy (non-hydrogen) atoms. The fourth-order valence-corrected chi connectivity index (χ4v) is 3.06. The summed E-state index contributed by atoms with van der Waals surface area (Å²) in [5.74, 6) is 0.767. The Bertz CT molecular complexity index is 191. The summed E-state index contributed by atoms with van der Waals surface area (Å²) in [7, 11) is 0. The zero-order chi connectivity index (χ0) is 12.7. The molecule has 1 fully saturated rings. The molecule has 0 saturated carbocycles. The highest BCUT2D eigenvalue weighted by atomic mass is 15.2. The summed E-state index contributed by atoms with van der Waals surface area (Å²) in [6, 6.07) is 1.58. The van der Waals surface area contributed by atoms with Gasteiger partial charge in [-0.15, -0.1) is 0 Å². The molecule has 2 unspecified atom stereocenters. The normalized spacial score (nSPS) is 24.2. The first-order valence-electron chi connectivity index (χ1n) is 7.67. The van der Waals surface area contributed by atoms with E-state index in [0.29, 0.717) is 0 Å². The van der Waals surface area contributed by atoms with Crippen molar-refractivity contribution in [3.63, 3.8) is 0 Å². The van der Waals surface area contributed by atoms with Gasteiger partial charge in [0.05, 0.1) is 0 Å². The van der Waals surface area contributed by atoms with Crippen LogP contribution in [0.2, 0.25) is 0 Å². The van der Waals surface area contributed by atoms with Crippen molar-refractivity contribution < 1.29 is 0 Å². The Morgan fingerprint density at radius 3 is 2.53 bits per heavy atom. The Morgan fingerprint density at radius 1 is 1.18 bits per heavy atom. The number of unbranched alkanes of at least 4 members (excludes halogenated alkanes) is 1. The van der Waals surface area contributed by atoms with Crippen LogP contribution < -0.4 is 5.32 Å². The van der Waals surface area contributed by atoms with Gasteiger partial charge in [0, 0.05) is 31.7 Å². The van der Waals surface area contributed by atoms with Crippen molar-refractivity contribution in [2.75, 3.05) is 19.6 Å². The van der Waals surface area contributed by atoms with Crippen LogP contribution in [0.3, 0.4) is 0 Å². The average molecular weight is 240 g/mol. The van der Waals surface area contributed by atoms with Gasteiger partial charge in [0.15, 0.2) is 0 Å². The quantitative estimate of drug-likeness (QED) is 0.735. The smallest absolute Gasteiger partial charge is 0.0247 e. The second-order valence-corrected chi connectivity index (χ2v) is 5.84. The molecule has 1 heterocycles. The Morgan fingerprint density at radius 2 is 1.94 bits per heavy atom. The summed E-state index contributed by atoms with van der Waals surface area (Å²) < 4.78 is 0. The molecular formula is C15H32N2. The predicted octanol–water partition coefficient (Wildman–Crippen LogP) is 3.28. The number of nitrogens with zero attached hydrogens (tertiary/aromatic N) is 1. The zero-order valence-electron chi connectivity index (χ0n) is 12.3. The molecule has 1 aliphatic rings. The maximum absolute atomic E-state index is 3.56. The van der Waals surface area contributed by atoms with Crippen LogP contribution in [0, 0.1) is 5.92 Å². The lowest BCUT2D eigenvalue weighted by Gasteiger charge is -2.43. The summed E-state index contributed by atoms with van der Waals surface area (Å²) in [6.07, 6.45) is 6.82. The highest BCUT2D eigenvalue weighted by Crippen LogP contribution is 2.22. The van der Waals surface area contributed by atoms with Gasteiger partial charge in [-0.25, -0.2) is 0 Å². The highest BCUT2D eigenvalue weighted by Gasteiger charge is 2.29. The lowest BCUT2D eigenvalue weighted by atomic mass is 9.94. The second kappa shape index (κ2) is 8.10. The van der Waals surface area contributed by atoms with E-state index < -0.39 is 0 Å². The van der Waals surface area contributed by atoms with Crippen LogP contribution in [0.4, 0.5) is 0 Å². The first-order valence-corrected chi connectivity index (χ1v) is 7.67. The van der Waals surface area contributed by atoms with E-state index in [9.17, 15) is 0 Å². The van der Waals surface area contributed by atoms with Gasteiger partial charge in [0.25, 0.3) is 0 Å². The van der Waals surface area contributed by atoms with Crippen molar-refractivity contribution >= 4 is 0 Å². The highest BCUT2D eigenvalue weighted by molar-refractivity contribution is 4.86. The molecule has 0 aromatic rings. The molecule has 2 heteroatoms. The van der Waals surface area contributed by atoms with E-state index in [1.165, 1.54) is 51.7 Å². The van der Waals surface area contributed by atoms with E-state index in [-0.39, 0.29) is 0 Å². The molecular weight excluding hydrogens is 208 g/mol. The van der Waals surface area contributed by atoms with Gasteiger partial charge in [-0.1, -0.05) is 47.0 Å². The second-order valence-electron chi connectivity index (χ2n) is 5.84. The van der Waals surface area contributed by atoms with Gasteiger partial charge in [-0.05, 0) is 18.8 Å².